The molecule has 1 saturated carbocycles. The Morgan fingerprint density at radius 1 is 1.17 bits per heavy atom. The van der Waals surface area contributed by atoms with Gasteiger partial charge in [0, 0.05) is 24.3 Å². The number of rotatable bonds is 5. The first-order valence-electron chi connectivity index (χ1n) is 11.8. The minimum atomic E-state index is -0.373. The lowest BCUT2D eigenvalue weighted by Gasteiger charge is -2.29. The summed E-state index contributed by atoms with van der Waals surface area (Å²) in [6.07, 6.45) is 4.39. The largest absolute Gasteiger partial charge is 0.439 e. The second kappa shape index (κ2) is 8.89. The van der Waals surface area contributed by atoms with Gasteiger partial charge in [-0.3, -0.25) is 9.69 Å². The van der Waals surface area contributed by atoms with E-state index in [9.17, 15) is 9.59 Å². The summed E-state index contributed by atoms with van der Waals surface area (Å²) in [6, 6.07) is 14.2. The molecule has 182 valence electrons. The molecular weight excluding hydrogens is 476 g/mol. The number of ether oxygens (including phenoxy) is 1. The van der Waals surface area contributed by atoms with E-state index in [4.69, 9.17) is 10.5 Å². The van der Waals surface area contributed by atoms with E-state index >= 15 is 0 Å². The summed E-state index contributed by atoms with van der Waals surface area (Å²) in [4.78, 5) is 38.2. The van der Waals surface area contributed by atoms with Crippen LogP contribution in [0.25, 0.3) is 10.2 Å². The highest BCUT2D eigenvalue weighted by atomic mass is 32.1. The van der Waals surface area contributed by atoms with Gasteiger partial charge in [0.15, 0.2) is 0 Å². The summed E-state index contributed by atoms with van der Waals surface area (Å²) in [5.41, 5.74) is 8.51. The van der Waals surface area contributed by atoms with Crippen molar-refractivity contribution in [2.75, 3.05) is 10.2 Å². The molecule has 0 radical (unpaired) electrons. The highest BCUT2D eigenvalue weighted by Crippen LogP contribution is 2.46. The third-order valence-electron chi connectivity index (χ3n) is 6.58. The van der Waals surface area contributed by atoms with Crippen molar-refractivity contribution in [1.29, 1.82) is 0 Å². The van der Waals surface area contributed by atoms with Gasteiger partial charge >= 0.3 is 6.03 Å². The Balaban J connectivity index is 1.35. The zero-order chi connectivity index (χ0) is 24.8. The van der Waals surface area contributed by atoms with Crippen LogP contribution >= 0.6 is 11.3 Å². The number of hydrogen-bond acceptors (Lipinski definition) is 7. The summed E-state index contributed by atoms with van der Waals surface area (Å²) in [7, 11) is 0. The van der Waals surface area contributed by atoms with Crippen LogP contribution in [0.4, 0.5) is 21.9 Å². The van der Waals surface area contributed by atoms with E-state index in [1.54, 1.807) is 29.3 Å². The number of anilines is 3. The van der Waals surface area contributed by atoms with Gasteiger partial charge in [0.05, 0.1) is 28.1 Å². The molecule has 0 spiro atoms. The van der Waals surface area contributed by atoms with Crippen LogP contribution in [0, 0.1) is 6.92 Å². The molecular formula is C26H24N6O3S. The maximum absolute atomic E-state index is 13.4. The first-order valence-corrected chi connectivity index (χ1v) is 12.6. The van der Waals surface area contributed by atoms with Gasteiger partial charge < -0.3 is 21.1 Å². The number of para-hydroxylation sites is 1. The Morgan fingerprint density at radius 3 is 2.75 bits per heavy atom. The summed E-state index contributed by atoms with van der Waals surface area (Å²) in [5.74, 6) is 0.867. The number of aryl methyl sites for hydroxylation is 1. The fraction of sp³-hybridized carbons (Fsp3) is 0.231. The van der Waals surface area contributed by atoms with E-state index in [-0.39, 0.29) is 24.0 Å². The van der Waals surface area contributed by atoms with Crippen LogP contribution in [0.5, 0.6) is 11.6 Å². The predicted octanol–water partition coefficient (Wildman–Crippen LogP) is 5.09. The van der Waals surface area contributed by atoms with Gasteiger partial charge in [-0.05, 0) is 50.5 Å². The van der Waals surface area contributed by atoms with Crippen molar-refractivity contribution < 1.29 is 14.3 Å². The maximum atomic E-state index is 13.4. The zero-order valence-electron chi connectivity index (χ0n) is 19.5. The van der Waals surface area contributed by atoms with Crippen molar-refractivity contribution >= 4 is 50.6 Å². The highest BCUT2D eigenvalue weighted by molar-refractivity contribution is 7.21. The quantitative estimate of drug-likeness (QED) is 0.351. The minimum Gasteiger partial charge on any atom is -0.439 e. The van der Waals surface area contributed by atoms with Crippen molar-refractivity contribution in [3.63, 3.8) is 0 Å². The second-order valence-corrected chi connectivity index (χ2v) is 9.92. The van der Waals surface area contributed by atoms with Crippen LogP contribution in [0.15, 0.2) is 54.7 Å². The van der Waals surface area contributed by atoms with Crippen LogP contribution in [0.3, 0.4) is 0 Å². The van der Waals surface area contributed by atoms with Gasteiger partial charge in [-0.25, -0.2) is 14.8 Å². The normalized spacial score (nSPS) is 18.8. The number of pyridine rings is 2. The lowest BCUT2D eigenvalue weighted by atomic mass is 10.1. The van der Waals surface area contributed by atoms with E-state index in [1.165, 1.54) is 11.3 Å². The average molecular weight is 501 g/mol. The topological polar surface area (TPSA) is 122 Å². The van der Waals surface area contributed by atoms with Crippen molar-refractivity contribution in [3.8, 4) is 11.6 Å². The molecule has 2 atom stereocenters. The van der Waals surface area contributed by atoms with E-state index in [0.717, 1.165) is 24.6 Å². The van der Waals surface area contributed by atoms with Crippen molar-refractivity contribution in [2.24, 2.45) is 5.73 Å². The second-order valence-electron chi connectivity index (χ2n) is 8.93. The van der Waals surface area contributed by atoms with Gasteiger partial charge in [-0.1, -0.05) is 18.2 Å². The minimum absolute atomic E-state index is 0.0530. The number of aromatic nitrogens is 2. The summed E-state index contributed by atoms with van der Waals surface area (Å²) in [5, 5.41) is 6.70. The lowest BCUT2D eigenvalue weighted by Crippen LogP contribution is -2.44. The molecule has 4 N–H and O–H groups in total. The molecule has 0 bridgehead atoms. The number of nitrogens with one attached hydrogen (secondary N) is 2. The SMILES string of the molecule is Cc1nc(Oc2ccccc2)ccc1N1C(=O)Nc2c(C(=O)N[C@@H]3CCCC3N)sc3nccc1c23. The highest BCUT2D eigenvalue weighted by Gasteiger charge is 2.35. The number of nitrogens with two attached hydrogens (primary N) is 1. The van der Waals surface area contributed by atoms with Gasteiger partial charge in [-0.15, -0.1) is 11.3 Å². The molecule has 3 aromatic heterocycles. The van der Waals surface area contributed by atoms with Crippen LogP contribution < -0.4 is 26.0 Å². The van der Waals surface area contributed by atoms with E-state index in [0.29, 0.717) is 44.1 Å². The molecule has 3 amide bonds. The third kappa shape index (κ3) is 3.84. The Morgan fingerprint density at radius 2 is 2.00 bits per heavy atom. The summed E-state index contributed by atoms with van der Waals surface area (Å²) in [6.45, 7) is 1.83. The molecule has 36 heavy (non-hydrogen) atoms. The van der Waals surface area contributed by atoms with Gasteiger partial charge in [0.25, 0.3) is 5.91 Å². The smallest absolute Gasteiger partial charge is 0.331 e. The number of carbonyl (C=O) groups excluding carboxylic acids is 2. The van der Waals surface area contributed by atoms with Gasteiger partial charge in [-0.2, -0.15) is 0 Å². The first-order chi connectivity index (χ1) is 17.5. The number of urea groups is 1. The van der Waals surface area contributed by atoms with Gasteiger partial charge in [0.2, 0.25) is 5.88 Å². The molecule has 1 unspecified atom stereocenters. The number of hydrogen-bond donors (Lipinski definition) is 3. The molecule has 10 heteroatoms. The van der Waals surface area contributed by atoms with Crippen LogP contribution in [0.1, 0.15) is 34.6 Å². The van der Waals surface area contributed by atoms with E-state index in [2.05, 4.69) is 20.6 Å². The molecule has 1 fully saturated rings. The Bertz CT molecular complexity index is 1490. The maximum Gasteiger partial charge on any atom is 0.331 e. The number of amides is 3. The molecule has 6 rings (SSSR count). The summed E-state index contributed by atoms with van der Waals surface area (Å²) >= 11 is 1.26. The number of nitrogens with zero attached hydrogens (tertiary/aromatic N) is 3. The van der Waals surface area contributed by atoms with Crippen molar-refractivity contribution in [3.05, 3.63) is 65.3 Å². The fourth-order valence-electron chi connectivity index (χ4n) is 4.82. The molecule has 4 heterocycles. The molecule has 1 aliphatic carbocycles. The fourth-order valence-corrected chi connectivity index (χ4v) is 5.84. The lowest BCUT2D eigenvalue weighted by molar-refractivity contribution is 0.0939. The van der Waals surface area contributed by atoms with Crippen LogP contribution in [0.2, 0.25) is 0 Å². The molecule has 0 saturated heterocycles. The first kappa shape index (κ1) is 22.4. The van der Waals surface area contributed by atoms with Crippen molar-refractivity contribution in [1.82, 2.24) is 15.3 Å². The van der Waals surface area contributed by atoms with Crippen LogP contribution in [-0.4, -0.2) is 34.0 Å². The Kier molecular flexibility index (Phi) is 5.54. The Labute approximate surface area is 211 Å². The molecule has 2 aliphatic rings. The molecule has 1 aromatic carbocycles. The standard InChI is InChI=1S/C26H24N6O3S/c1-14-18(10-11-20(29-14)35-15-6-3-2-4-7-15)32-19-12-13-28-25-21(19)22(31-26(32)34)23(36-25)24(33)30-17-9-5-8-16(17)27/h2-4,6-7,10-13,16-17H,5,8-9,27H2,1H3,(H,30,33)(H,31,34)/t16?,17-/m1/s1. The Hall–Kier alpha value is -4.02. The average Bonchev–Trinajstić information content (AvgIpc) is 3.45. The predicted molar refractivity (Wildman–Crippen MR) is 139 cm³/mol. The number of carbonyl (C=O) groups is 2. The molecule has 9 nitrogen and oxygen atoms in total. The van der Waals surface area contributed by atoms with Crippen LogP contribution in [-0.2, 0) is 0 Å². The van der Waals surface area contributed by atoms with Gasteiger partial charge in [0.1, 0.15) is 15.5 Å². The number of benzene rings is 1. The zero-order valence-corrected chi connectivity index (χ0v) is 20.3. The van der Waals surface area contributed by atoms with E-state index in [1.807, 2.05) is 37.3 Å². The van der Waals surface area contributed by atoms with Crippen molar-refractivity contribution in [2.45, 2.75) is 38.3 Å². The monoisotopic (exact) mass is 500 g/mol. The third-order valence-corrected chi connectivity index (χ3v) is 7.67. The van der Waals surface area contributed by atoms with E-state index < -0.39 is 0 Å². The number of thiophene rings is 1. The molecule has 4 aromatic rings. The summed E-state index contributed by atoms with van der Waals surface area (Å²) < 4.78 is 5.84. The molecule has 1 aliphatic heterocycles.